The molecule has 0 amide bonds. The van der Waals surface area contributed by atoms with Gasteiger partial charge in [0.2, 0.25) is 0 Å². The Morgan fingerprint density at radius 1 is 1.17 bits per heavy atom. The Morgan fingerprint density at radius 3 is 2.56 bits per heavy atom. The Kier molecular flexibility index (Phi) is 6.26. The zero-order valence-electron chi connectivity index (χ0n) is 11.6. The molecule has 0 radical (unpaired) electrons. The second kappa shape index (κ2) is 7.75. The lowest BCUT2D eigenvalue weighted by Gasteiger charge is -2.02. The summed E-state index contributed by atoms with van der Waals surface area (Å²) in [4.78, 5) is 20.1. The molecular formula is C15H22N2O. The Balaban J connectivity index is 2.60. The van der Waals surface area contributed by atoms with Gasteiger partial charge in [0.15, 0.2) is 5.78 Å². The van der Waals surface area contributed by atoms with E-state index in [1.54, 1.807) is 6.07 Å². The van der Waals surface area contributed by atoms with Gasteiger partial charge in [0.1, 0.15) is 5.69 Å². The number of carbonyl (C=O) groups excluding carboxylic acids is 1. The Labute approximate surface area is 109 Å². The molecule has 0 saturated carbocycles. The van der Waals surface area contributed by atoms with E-state index in [2.05, 4.69) is 16.9 Å². The van der Waals surface area contributed by atoms with Gasteiger partial charge in [-0.25, -0.2) is 4.98 Å². The van der Waals surface area contributed by atoms with Crippen LogP contribution in [0.5, 0.6) is 0 Å². The number of carbonyl (C=O) groups is 1. The molecule has 0 aliphatic heterocycles. The molecule has 1 aromatic heterocycles. The van der Waals surface area contributed by atoms with Crippen molar-refractivity contribution < 1.29 is 4.79 Å². The van der Waals surface area contributed by atoms with E-state index in [9.17, 15) is 4.79 Å². The SMILES string of the molecule is CCCCCCN=C(C)c1cccc(C(C)=O)n1. The van der Waals surface area contributed by atoms with E-state index in [0.29, 0.717) is 5.69 Å². The summed E-state index contributed by atoms with van der Waals surface area (Å²) in [7, 11) is 0. The van der Waals surface area contributed by atoms with Crippen LogP contribution in [0.25, 0.3) is 0 Å². The van der Waals surface area contributed by atoms with Gasteiger partial charge in [-0.1, -0.05) is 32.3 Å². The summed E-state index contributed by atoms with van der Waals surface area (Å²) in [6.07, 6.45) is 4.86. The Bertz CT molecular complexity index is 424. The van der Waals surface area contributed by atoms with Crippen molar-refractivity contribution >= 4 is 11.5 Å². The molecule has 18 heavy (non-hydrogen) atoms. The van der Waals surface area contributed by atoms with E-state index in [0.717, 1.165) is 24.4 Å². The topological polar surface area (TPSA) is 42.3 Å². The molecule has 0 atom stereocenters. The number of rotatable bonds is 7. The van der Waals surface area contributed by atoms with Gasteiger partial charge in [-0.15, -0.1) is 0 Å². The molecule has 98 valence electrons. The van der Waals surface area contributed by atoms with Crippen LogP contribution in [-0.2, 0) is 0 Å². The second-order valence-electron chi connectivity index (χ2n) is 4.49. The summed E-state index contributed by atoms with van der Waals surface area (Å²) in [6.45, 7) is 6.53. The van der Waals surface area contributed by atoms with Crippen LogP contribution in [0.3, 0.4) is 0 Å². The summed E-state index contributed by atoms with van der Waals surface area (Å²) in [5.74, 6) is -0.00686. The van der Waals surface area contributed by atoms with E-state index in [1.807, 2.05) is 19.1 Å². The summed E-state index contributed by atoms with van der Waals surface area (Å²) >= 11 is 0. The van der Waals surface area contributed by atoms with Gasteiger partial charge in [0.05, 0.1) is 11.4 Å². The Hall–Kier alpha value is -1.51. The number of ketones is 1. The van der Waals surface area contributed by atoms with Crippen molar-refractivity contribution in [3.8, 4) is 0 Å². The lowest BCUT2D eigenvalue weighted by atomic mass is 10.2. The summed E-state index contributed by atoms with van der Waals surface area (Å²) in [6, 6.07) is 5.49. The summed E-state index contributed by atoms with van der Waals surface area (Å²) < 4.78 is 0. The van der Waals surface area contributed by atoms with Crippen LogP contribution in [0.1, 0.15) is 62.6 Å². The predicted molar refractivity (Wildman–Crippen MR) is 75.5 cm³/mol. The second-order valence-corrected chi connectivity index (χ2v) is 4.49. The first kappa shape index (κ1) is 14.6. The lowest BCUT2D eigenvalue weighted by molar-refractivity contribution is 0.101. The lowest BCUT2D eigenvalue weighted by Crippen LogP contribution is -2.05. The fourth-order valence-corrected chi connectivity index (χ4v) is 1.70. The van der Waals surface area contributed by atoms with Crippen LogP contribution in [0.15, 0.2) is 23.2 Å². The number of aromatic nitrogens is 1. The van der Waals surface area contributed by atoms with Gasteiger partial charge in [-0.05, 0) is 25.5 Å². The van der Waals surface area contributed by atoms with Crippen molar-refractivity contribution in [3.05, 3.63) is 29.6 Å². The van der Waals surface area contributed by atoms with Crippen molar-refractivity contribution in [2.24, 2.45) is 4.99 Å². The molecule has 0 aliphatic carbocycles. The van der Waals surface area contributed by atoms with Crippen LogP contribution >= 0.6 is 0 Å². The smallest absolute Gasteiger partial charge is 0.178 e. The van der Waals surface area contributed by atoms with E-state index in [1.165, 1.54) is 26.2 Å². The molecule has 1 heterocycles. The summed E-state index contributed by atoms with van der Waals surface area (Å²) in [5.41, 5.74) is 2.22. The van der Waals surface area contributed by atoms with E-state index < -0.39 is 0 Å². The highest BCUT2D eigenvalue weighted by molar-refractivity contribution is 5.99. The largest absolute Gasteiger partial charge is 0.293 e. The molecule has 0 aliphatic rings. The number of hydrogen-bond donors (Lipinski definition) is 0. The third kappa shape index (κ3) is 4.78. The first-order valence-electron chi connectivity index (χ1n) is 6.64. The number of hydrogen-bond acceptors (Lipinski definition) is 3. The van der Waals surface area contributed by atoms with Crippen molar-refractivity contribution in [1.29, 1.82) is 0 Å². The highest BCUT2D eigenvalue weighted by atomic mass is 16.1. The minimum atomic E-state index is -0.00686. The monoisotopic (exact) mass is 246 g/mol. The van der Waals surface area contributed by atoms with Crippen molar-refractivity contribution in [2.75, 3.05) is 6.54 Å². The van der Waals surface area contributed by atoms with Gasteiger partial charge in [-0.2, -0.15) is 0 Å². The average molecular weight is 246 g/mol. The van der Waals surface area contributed by atoms with Gasteiger partial charge in [0, 0.05) is 13.5 Å². The maximum absolute atomic E-state index is 11.3. The fourth-order valence-electron chi connectivity index (χ4n) is 1.70. The fraction of sp³-hybridized carbons (Fsp3) is 0.533. The maximum atomic E-state index is 11.3. The van der Waals surface area contributed by atoms with E-state index >= 15 is 0 Å². The zero-order chi connectivity index (χ0) is 13.4. The highest BCUT2D eigenvalue weighted by Gasteiger charge is 2.04. The van der Waals surface area contributed by atoms with Gasteiger partial charge in [-0.3, -0.25) is 9.79 Å². The number of aliphatic imine (C=N–C) groups is 1. The third-order valence-electron chi connectivity index (χ3n) is 2.84. The number of Topliss-reactive ketones (excluding diaryl/α,β-unsaturated/α-hetero) is 1. The van der Waals surface area contributed by atoms with Crippen LogP contribution < -0.4 is 0 Å². The van der Waals surface area contributed by atoms with Gasteiger partial charge >= 0.3 is 0 Å². The molecule has 3 heteroatoms. The highest BCUT2D eigenvalue weighted by Crippen LogP contribution is 2.04. The van der Waals surface area contributed by atoms with Crippen molar-refractivity contribution in [2.45, 2.75) is 46.5 Å². The standard InChI is InChI=1S/C15H22N2O/c1-4-5-6-7-11-16-12(2)14-9-8-10-15(17-14)13(3)18/h8-10H,4-7,11H2,1-3H3. The number of unbranched alkanes of at least 4 members (excludes halogenated alkanes) is 3. The quantitative estimate of drug-likeness (QED) is 0.418. The Morgan fingerprint density at radius 2 is 1.89 bits per heavy atom. The van der Waals surface area contributed by atoms with E-state index in [4.69, 9.17) is 0 Å². The molecule has 0 bridgehead atoms. The normalized spacial score (nSPS) is 11.6. The molecule has 3 nitrogen and oxygen atoms in total. The maximum Gasteiger partial charge on any atom is 0.178 e. The minimum absolute atomic E-state index is 0.00686. The van der Waals surface area contributed by atoms with Crippen LogP contribution in [0.4, 0.5) is 0 Å². The van der Waals surface area contributed by atoms with E-state index in [-0.39, 0.29) is 5.78 Å². The van der Waals surface area contributed by atoms with Crippen LogP contribution in [-0.4, -0.2) is 23.0 Å². The predicted octanol–water partition coefficient (Wildman–Crippen LogP) is 3.67. The van der Waals surface area contributed by atoms with Crippen molar-refractivity contribution in [3.63, 3.8) is 0 Å². The number of nitrogens with zero attached hydrogens (tertiary/aromatic N) is 2. The molecule has 1 rings (SSSR count). The molecule has 0 aromatic carbocycles. The number of pyridine rings is 1. The summed E-state index contributed by atoms with van der Waals surface area (Å²) in [5, 5.41) is 0. The van der Waals surface area contributed by atoms with Gasteiger partial charge in [0.25, 0.3) is 0 Å². The third-order valence-corrected chi connectivity index (χ3v) is 2.84. The minimum Gasteiger partial charge on any atom is -0.293 e. The van der Waals surface area contributed by atoms with Crippen LogP contribution in [0, 0.1) is 0 Å². The molecule has 0 spiro atoms. The van der Waals surface area contributed by atoms with Gasteiger partial charge < -0.3 is 0 Å². The molecule has 1 aromatic rings. The first-order chi connectivity index (χ1) is 8.65. The van der Waals surface area contributed by atoms with Crippen molar-refractivity contribution in [1.82, 2.24) is 4.98 Å². The molecule has 0 N–H and O–H groups in total. The molecule has 0 fully saturated rings. The molecular weight excluding hydrogens is 224 g/mol. The van der Waals surface area contributed by atoms with Crippen LogP contribution in [0.2, 0.25) is 0 Å². The zero-order valence-corrected chi connectivity index (χ0v) is 11.6. The average Bonchev–Trinajstić information content (AvgIpc) is 2.38. The first-order valence-corrected chi connectivity index (χ1v) is 6.64. The molecule has 0 saturated heterocycles. The molecule has 0 unspecified atom stereocenters.